The molecule has 0 unspecified atom stereocenters. The van der Waals surface area contributed by atoms with Gasteiger partial charge in [0.15, 0.2) is 0 Å². The summed E-state index contributed by atoms with van der Waals surface area (Å²) in [4.78, 5) is 7.32. The van der Waals surface area contributed by atoms with Crippen LogP contribution in [0.15, 0.2) is 54.9 Å². The third-order valence-corrected chi connectivity index (χ3v) is 5.24. The maximum Gasteiger partial charge on any atom is 0.113 e. The van der Waals surface area contributed by atoms with Crippen molar-refractivity contribution in [2.45, 2.75) is 19.4 Å². The Balaban J connectivity index is 1.54. The molecule has 1 aliphatic rings. The van der Waals surface area contributed by atoms with Crippen molar-refractivity contribution in [1.82, 2.24) is 9.55 Å². The van der Waals surface area contributed by atoms with Gasteiger partial charge in [-0.05, 0) is 35.2 Å². The molecular weight excluding hydrogens is 340 g/mol. The molecule has 1 aliphatic heterocycles. The van der Waals surface area contributed by atoms with E-state index in [9.17, 15) is 0 Å². The molecule has 2 heterocycles. The second kappa shape index (κ2) is 6.92. The van der Waals surface area contributed by atoms with Gasteiger partial charge in [-0.2, -0.15) is 0 Å². The molecule has 4 rings (SSSR count). The zero-order chi connectivity index (χ0) is 18.1. The number of thiocarbonyl (C=S) groups is 1. The van der Waals surface area contributed by atoms with Crippen molar-refractivity contribution < 1.29 is 0 Å². The van der Waals surface area contributed by atoms with Crippen molar-refractivity contribution in [1.29, 1.82) is 0 Å². The van der Waals surface area contributed by atoms with Gasteiger partial charge in [0.25, 0.3) is 0 Å². The van der Waals surface area contributed by atoms with E-state index in [1.807, 2.05) is 24.5 Å². The van der Waals surface area contributed by atoms with Gasteiger partial charge in [-0.25, -0.2) is 4.98 Å². The van der Waals surface area contributed by atoms with Gasteiger partial charge >= 0.3 is 0 Å². The highest BCUT2D eigenvalue weighted by atomic mass is 32.1. The first kappa shape index (κ1) is 16.8. The Morgan fingerprint density at radius 3 is 2.92 bits per heavy atom. The van der Waals surface area contributed by atoms with Crippen molar-refractivity contribution in [3.8, 4) is 0 Å². The van der Waals surface area contributed by atoms with Crippen LogP contribution in [0.1, 0.15) is 28.1 Å². The van der Waals surface area contributed by atoms with E-state index in [0.717, 1.165) is 37.3 Å². The zero-order valence-electron chi connectivity index (χ0n) is 14.9. The fourth-order valence-electron chi connectivity index (χ4n) is 3.58. The molecule has 4 nitrogen and oxygen atoms in total. The van der Waals surface area contributed by atoms with Crippen LogP contribution in [0.25, 0.3) is 0 Å². The summed E-state index contributed by atoms with van der Waals surface area (Å²) in [7, 11) is 2.15. The smallest absolute Gasteiger partial charge is 0.113 e. The lowest BCUT2D eigenvalue weighted by atomic mass is 10.1. The van der Waals surface area contributed by atoms with Crippen molar-refractivity contribution in [2.75, 3.05) is 18.5 Å². The number of aromatic nitrogens is 2. The first-order chi connectivity index (χ1) is 12.6. The number of benzene rings is 2. The lowest BCUT2D eigenvalue weighted by Crippen LogP contribution is -2.12. The normalized spacial score (nSPS) is 13.0. The molecule has 0 bridgehead atoms. The lowest BCUT2D eigenvalue weighted by molar-refractivity contribution is 0.740. The molecule has 132 valence electrons. The number of likely N-dealkylation sites (N-methyl/N-ethyl adjacent to an activating group) is 1. The van der Waals surface area contributed by atoms with Crippen molar-refractivity contribution >= 4 is 22.9 Å². The summed E-state index contributed by atoms with van der Waals surface area (Å²) in [6.07, 6.45) is 5.86. The van der Waals surface area contributed by atoms with Gasteiger partial charge in [-0.3, -0.25) is 0 Å². The molecule has 0 aliphatic carbocycles. The zero-order valence-corrected chi connectivity index (χ0v) is 15.7. The van der Waals surface area contributed by atoms with E-state index in [1.54, 1.807) is 0 Å². The topological polar surface area (TPSA) is 47.1 Å². The molecule has 26 heavy (non-hydrogen) atoms. The molecule has 0 amide bonds. The minimum atomic E-state index is 0.431. The third kappa shape index (κ3) is 3.35. The fraction of sp³-hybridized carbons (Fsp3) is 0.238. The minimum absolute atomic E-state index is 0.431. The van der Waals surface area contributed by atoms with Crippen LogP contribution in [0.3, 0.4) is 0 Å². The average Bonchev–Trinajstić information content (AvgIpc) is 3.22. The molecule has 0 spiro atoms. The van der Waals surface area contributed by atoms with Crippen LogP contribution < -0.4 is 10.6 Å². The molecule has 2 aromatic carbocycles. The van der Waals surface area contributed by atoms with Crippen LogP contribution >= 0.6 is 12.2 Å². The molecule has 5 heteroatoms. The molecule has 0 atom stereocenters. The number of imidazole rings is 1. The van der Waals surface area contributed by atoms with Gasteiger partial charge in [0.1, 0.15) is 10.8 Å². The minimum Gasteiger partial charge on any atom is -0.389 e. The van der Waals surface area contributed by atoms with Crippen LogP contribution in [0.5, 0.6) is 0 Å². The van der Waals surface area contributed by atoms with E-state index < -0.39 is 0 Å². The molecular formula is C21H22N4S. The van der Waals surface area contributed by atoms with Crippen LogP contribution in [0.4, 0.5) is 5.69 Å². The maximum absolute atomic E-state index is 5.75. The van der Waals surface area contributed by atoms with Crippen LogP contribution in [-0.4, -0.2) is 28.1 Å². The fourth-order valence-corrected chi connectivity index (χ4v) is 3.71. The van der Waals surface area contributed by atoms with Crippen molar-refractivity contribution in [3.63, 3.8) is 0 Å². The number of hydrogen-bond donors (Lipinski definition) is 1. The Labute approximate surface area is 159 Å². The maximum atomic E-state index is 5.75. The Morgan fingerprint density at radius 1 is 1.19 bits per heavy atom. The van der Waals surface area contributed by atoms with Crippen LogP contribution in [0, 0.1) is 0 Å². The van der Waals surface area contributed by atoms with E-state index in [1.165, 1.54) is 22.4 Å². The van der Waals surface area contributed by atoms with Gasteiger partial charge in [-0.15, -0.1) is 0 Å². The van der Waals surface area contributed by atoms with Gasteiger partial charge in [0.05, 0.1) is 0 Å². The Hall–Kier alpha value is -2.66. The number of anilines is 1. The van der Waals surface area contributed by atoms with Gasteiger partial charge < -0.3 is 15.2 Å². The Morgan fingerprint density at radius 2 is 2.08 bits per heavy atom. The van der Waals surface area contributed by atoms with Crippen molar-refractivity contribution in [2.24, 2.45) is 5.73 Å². The first-order valence-electron chi connectivity index (χ1n) is 8.82. The third-order valence-electron chi connectivity index (χ3n) is 5.00. The summed E-state index contributed by atoms with van der Waals surface area (Å²) in [6.45, 7) is 1.87. The highest BCUT2D eigenvalue weighted by molar-refractivity contribution is 7.80. The van der Waals surface area contributed by atoms with E-state index >= 15 is 0 Å². The summed E-state index contributed by atoms with van der Waals surface area (Å²) >= 11 is 5.08. The highest BCUT2D eigenvalue weighted by Gasteiger charge is 2.16. The van der Waals surface area contributed by atoms with E-state index in [0.29, 0.717) is 4.99 Å². The SMILES string of the molecule is CN1CCc2cc(Cc3nccn3Cc3cccc(C(N)=S)c3)ccc21. The lowest BCUT2D eigenvalue weighted by Gasteiger charge is -2.13. The Kier molecular flexibility index (Phi) is 4.47. The van der Waals surface area contributed by atoms with Crippen molar-refractivity contribution in [3.05, 3.63) is 82.9 Å². The summed E-state index contributed by atoms with van der Waals surface area (Å²) in [5, 5.41) is 0. The highest BCUT2D eigenvalue weighted by Crippen LogP contribution is 2.28. The number of nitrogens with zero attached hydrogens (tertiary/aromatic N) is 3. The summed E-state index contributed by atoms with van der Waals surface area (Å²) in [5.41, 5.74) is 11.9. The van der Waals surface area contributed by atoms with E-state index in [-0.39, 0.29) is 0 Å². The molecule has 1 aromatic heterocycles. The number of hydrogen-bond acceptors (Lipinski definition) is 3. The number of nitrogens with two attached hydrogens (primary N) is 1. The van der Waals surface area contributed by atoms with Gasteiger partial charge in [0.2, 0.25) is 0 Å². The number of rotatable bonds is 5. The summed E-state index contributed by atoms with van der Waals surface area (Å²) in [5.74, 6) is 1.07. The van der Waals surface area contributed by atoms with Crippen LogP contribution in [-0.2, 0) is 19.4 Å². The van der Waals surface area contributed by atoms with E-state index in [4.69, 9.17) is 18.0 Å². The molecule has 0 radical (unpaired) electrons. The quantitative estimate of drug-likeness (QED) is 0.709. The average molecular weight is 363 g/mol. The standard InChI is InChI=1S/C21H22N4S/c1-24-9-7-17-11-15(5-6-19(17)24)13-20-23-8-10-25(20)14-16-3-2-4-18(12-16)21(22)26/h2-6,8,10-12H,7,9,13-14H2,1H3,(H2,22,26). The number of fused-ring (bicyclic) bond motifs is 1. The molecule has 2 N–H and O–H groups in total. The second-order valence-corrected chi connectivity index (χ2v) is 7.29. The molecule has 3 aromatic rings. The second-order valence-electron chi connectivity index (χ2n) is 6.85. The van der Waals surface area contributed by atoms with Gasteiger partial charge in [0, 0.05) is 50.2 Å². The molecule has 0 saturated carbocycles. The van der Waals surface area contributed by atoms with Crippen LogP contribution in [0.2, 0.25) is 0 Å². The molecule has 0 fully saturated rings. The Bertz CT molecular complexity index is 960. The molecule has 0 saturated heterocycles. The monoisotopic (exact) mass is 362 g/mol. The van der Waals surface area contributed by atoms with Gasteiger partial charge in [-0.1, -0.05) is 42.5 Å². The van der Waals surface area contributed by atoms with E-state index in [2.05, 4.69) is 51.8 Å². The predicted octanol–water partition coefficient (Wildman–Crippen LogP) is 3.15. The first-order valence-corrected chi connectivity index (χ1v) is 9.22. The summed E-state index contributed by atoms with van der Waals surface area (Å²) < 4.78 is 2.19. The summed E-state index contributed by atoms with van der Waals surface area (Å²) in [6, 6.07) is 14.9. The predicted molar refractivity (Wildman–Crippen MR) is 110 cm³/mol. The largest absolute Gasteiger partial charge is 0.389 e.